The number of ether oxygens (including phenoxy) is 1. The molecule has 0 saturated carbocycles. The molecule has 0 bridgehead atoms. The van der Waals surface area contributed by atoms with Crippen molar-refractivity contribution in [1.29, 1.82) is 0 Å². The summed E-state index contributed by atoms with van der Waals surface area (Å²) in [5, 5.41) is 3.46. The number of nitrogen functional groups attached to an aromatic ring is 1. The first-order valence-electron chi connectivity index (χ1n) is 9.45. The smallest absolute Gasteiger partial charge is 0.263 e. The van der Waals surface area contributed by atoms with E-state index in [1.165, 1.54) is 4.57 Å². The lowest BCUT2D eigenvalue weighted by molar-refractivity contribution is 0.0967. The second-order valence-corrected chi connectivity index (χ2v) is 6.97. The number of methoxy groups -OCH3 is 1. The quantitative estimate of drug-likeness (QED) is 0.530. The zero-order chi connectivity index (χ0) is 21.3. The van der Waals surface area contributed by atoms with Crippen LogP contribution in [-0.2, 0) is 0 Å². The Kier molecular flexibility index (Phi) is 4.98. The Bertz CT molecular complexity index is 1240. The van der Waals surface area contributed by atoms with Crippen LogP contribution >= 0.6 is 0 Å². The van der Waals surface area contributed by atoms with E-state index in [1.54, 1.807) is 55.6 Å². The summed E-state index contributed by atoms with van der Waals surface area (Å²) < 4.78 is 6.53. The Morgan fingerprint density at radius 2 is 1.60 bits per heavy atom. The Morgan fingerprint density at radius 3 is 2.27 bits per heavy atom. The predicted molar refractivity (Wildman–Crippen MR) is 118 cm³/mol. The van der Waals surface area contributed by atoms with Crippen molar-refractivity contribution < 1.29 is 14.3 Å². The van der Waals surface area contributed by atoms with E-state index in [0.717, 1.165) is 5.56 Å². The minimum absolute atomic E-state index is 0.104. The van der Waals surface area contributed by atoms with E-state index >= 15 is 0 Å². The van der Waals surface area contributed by atoms with E-state index < -0.39 is 0 Å². The fraction of sp³-hybridized carbons (Fsp3) is 0.0833. The first kappa shape index (κ1) is 19.3. The number of fused-ring (bicyclic) bond motifs is 1. The van der Waals surface area contributed by atoms with Crippen LogP contribution in [-0.4, -0.2) is 23.5 Å². The van der Waals surface area contributed by atoms with Gasteiger partial charge in [-0.05, 0) is 49.4 Å². The molecule has 3 N–H and O–H groups in total. The first-order chi connectivity index (χ1) is 14.5. The highest BCUT2D eigenvalue weighted by Crippen LogP contribution is 2.30. The minimum Gasteiger partial charge on any atom is -0.497 e. The number of rotatable bonds is 4. The summed E-state index contributed by atoms with van der Waals surface area (Å²) in [6, 6.07) is 21.4. The highest BCUT2D eigenvalue weighted by molar-refractivity contribution is 6.19. The van der Waals surface area contributed by atoms with Gasteiger partial charge < -0.3 is 15.8 Å². The number of nitrogens with one attached hydrogen (secondary N) is 1. The number of amides is 1. The molecule has 6 heteroatoms. The van der Waals surface area contributed by atoms with E-state index in [4.69, 9.17) is 10.5 Å². The zero-order valence-corrected chi connectivity index (χ0v) is 16.7. The number of nitrogens with two attached hydrogens (primary N) is 1. The number of hydrogen-bond donors (Lipinski definition) is 2. The van der Waals surface area contributed by atoms with Gasteiger partial charge in [-0.1, -0.05) is 35.9 Å². The van der Waals surface area contributed by atoms with Crippen molar-refractivity contribution in [3.63, 3.8) is 0 Å². The van der Waals surface area contributed by atoms with Crippen LogP contribution in [0.1, 0.15) is 26.3 Å². The maximum atomic E-state index is 13.2. The van der Waals surface area contributed by atoms with Crippen LogP contribution in [0.5, 0.6) is 5.75 Å². The number of hydrogen-bond acceptors (Lipinski definition) is 4. The number of para-hydroxylation sites is 1. The third kappa shape index (κ3) is 3.39. The molecule has 1 amide bonds. The molecule has 0 spiro atoms. The maximum Gasteiger partial charge on any atom is 0.263 e. The molecular weight excluding hydrogens is 378 g/mol. The molecule has 0 atom stereocenters. The summed E-state index contributed by atoms with van der Waals surface area (Å²) in [5.41, 5.74) is 9.34. The van der Waals surface area contributed by atoms with Gasteiger partial charge in [0.05, 0.1) is 18.2 Å². The topological polar surface area (TPSA) is 86.3 Å². The van der Waals surface area contributed by atoms with Crippen LogP contribution in [0.15, 0.2) is 72.8 Å². The summed E-state index contributed by atoms with van der Waals surface area (Å²) in [6.45, 7) is 1.95. The Morgan fingerprint density at radius 1 is 0.933 bits per heavy atom. The Labute approximate surface area is 173 Å². The van der Waals surface area contributed by atoms with Crippen LogP contribution in [0.25, 0.3) is 10.9 Å². The highest BCUT2D eigenvalue weighted by Gasteiger charge is 2.24. The molecule has 0 unspecified atom stereocenters. The molecule has 4 rings (SSSR count). The van der Waals surface area contributed by atoms with Gasteiger partial charge in [0.1, 0.15) is 11.6 Å². The molecule has 3 aromatic carbocycles. The van der Waals surface area contributed by atoms with Gasteiger partial charge in [0.2, 0.25) is 0 Å². The molecular formula is C24H21N3O3. The molecule has 1 aromatic heterocycles. The van der Waals surface area contributed by atoms with Crippen molar-refractivity contribution in [2.75, 3.05) is 18.2 Å². The molecule has 30 heavy (non-hydrogen) atoms. The van der Waals surface area contributed by atoms with E-state index in [1.807, 2.05) is 31.2 Å². The second-order valence-electron chi connectivity index (χ2n) is 6.97. The maximum absolute atomic E-state index is 13.2. The number of carbonyl (C=O) groups is 2. The number of carbonyl (C=O) groups excluding carboxylic acids is 2. The lowest BCUT2D eigenvalue weighted by Gasteiger charge is -2.08. The molecule has 0 aliphatic rings. The number of benzene rings is 3. The summed E-state index contributed by atoms with van der Waals surface area (Å²) >= 11 is 0. The van der Waals surface area contributed by atoms with E-state index in [9.17, 15) is 9.59 Å². The van der Waals surface area contributed by atoms with Crippen LogP contribution < -0.4 is 15.8 Å². The third-order valence-electron chi connectivity index (χ3n) is 4.99. The lowest BCUT2D eigenvalue weighted by Crippen LogP contribution is -2.18. The van der Waals surface area contributed by atoms with Gasteiger partial charge in [0.15, 0.2) is 0 Å². The SMILES string of the molecule is COc1ccc(NC(=O)c2c(N)n(C(=O)c3ccc(C)cc3)c3ccccc23)cc1. The molecule has 0 radical (unpaired) electrons. The lowest BCUT2D eigenvalue weighted by atomic mass is 10.1. The second kappa shape index (κ2) is 7.75. The first-order valence-corrected chi connectivity index (χ1v) is 9.45. The fourth-order valence-electron chi connectivity index (χ4n) is 3.41. The molecule has 6 nitrogen and oxygen atoms in total. The van der Waals surface area contributed by atoms with Gasteiger partial charge in [-0.15, -0.1) is 0 Å². The molecule has 1 heterocycles. The minimum atomic E-state index is -0.385. The zero-order valence-electron chi connectivity index (χ0n) is 16.7. The Balaban J connectivity index is 1.77. The van der Waals surface area contributed by atoms with Crippen LogP contribution in [0, 0.1) is 6.92 Å². The molecule has 150 valence electrons. The van der Waals surface area contributed by atoms with Crippen molar-refractivity contribution >= 4 is 34.2 Å². The predicted octanol–water partition coefficient (Wildman–Crippen LogP) is 4.48. The van der Waals surface area contributed by atoms with Crippen molar-refractivity contribution in [2.24, 2.45) is 0 Å². The Hall–Kier alpha value is -4.06. The summed E-state index contributed by atoms with van der Waals surface area (Å²) in [7, 11) is 1.58. The van der Waals surface area contributed by atoms with Gasteiger partial charge in [-0.2, -0.15) is 0 Å². The largest absolute Gasteiger partial charge is 0.497 e. The molecule has 0 saturated heterocycles. The number of aromatic nitrogens is 1. The normalized spacial score (nSPS) is 10.7. The van der Waals surface area contributed by atoms with Crippen molar-refractivity contribution in [1.82, 2.24) is 4.57 Å². The van der Waals surface area contributed by atoms with Gasteiger partial charge in [-0.25, -0.2) is 0 Å². The van der Waals surface area contributed by atoms with E-state index in [-0.39, 0.29) is 23.2 Å². The van der Waals surface area contributed by atoms with Crippen LogP contribution in [0.3, 0.4) is 0 Å². The van der Waals surface area contributed by atoms with Crippen molar-refractivity contribution in [3.8, 4) is 5.75 Å². The number of aryl methyl sites for hydroxylation is 1. The number of nitrogens with zero attached hydrogens (tertiary/aromatic N) is 1. The molecule has 4 aromatic rings. The molecule has 0 fully saturated rings. The van der Waals surface area contributed by atoms with Crippen LogP contribution in [0.4, 0.5) is 11.5 Å². The fourth-order valence-corrected chi connectivity index (χ4v) is 3.41. The molecule has 0 aliphatic carbocycles. The average Bonchev–Trinajstić information content (AvgIpc) is 3.06. The van der Waals surface area contributed by atoms with Gasteiger partial charge in [-0.3, -0.25) is 14.2 Å². The van der Waals surface area contributed by atoms with Crippen molar-refractivity contribution in [2.45, 2.75) is 6.92 Å². The summed E-state index contributed by atoms with van der Waals surface area (Å²) in [5.74, 6) is 0.122. The van der Waals surface area contributed by atoms with Gasteiger partial charge >= 0.3 is 0 Å². The van der Waals surface area contributed by atoms with Crippen LogP contribution in [0.2, 0.25) is 0 Å². The van der Waals surface area contributed by atoms with Crippen molar-refractivity contribution in [3.05, 3.63) is 89.5 Å². The van der Waals surface area contributed by atoms with E-state index in [0.29, 0.717) is 27.9 Å². The summed E-state index contributed by atoms with van der Waals surface area (Å²) in [4.78, 5) is 26.3. The summed E-state index contributed by atoms with van der Waals surface area (Å²) in [6.07, 6.45) is 0. The highest BCUT2D eigenvalue weighted by atomic mass is 16.5. The van der Waals surface area contributed by atoms with E-state index in [2.05, 4.69) is 5.32 Å². The number of anilines is 2. The van der Waals surface area contributed by atoms with Gasteiger partial charge in [0.25, 0.3) is 11.8 Å². The molecule has 0 aliphatic heterocycles. The van der Waals surface area contributed by atoms with Gasteiger partial charge in [0, 0.05) is 16.6 Å². The third-order valence-corrected chi connectivity index (χ3v) is 4.99. The monoisotopic (exact) mass is 399 g/mol. The average molecular weight is 399 g/mol. The standard InChI is InChI=1S/C24H21N3O3/c1-15-7-9-16(10-8-15)24(29)27-20-6-4-3-5-19(20)21(22(27)25)23(28)26-17-11-13-18(30-2)14-12-17/h3-14H,25H2,1-2H3,(H,26,28).